The lowest BCUT2D eigenvalue weighted by molar-refractivity contribution is -0.122. The fraction of sp³-hybridized carbons (Fsp3) is 0.923. The van der Waals surface area contributed by atoms with Crippen LogP contribution in [0.2, 0.25) is 0 Å². The van der Waals surface area contributed by atoms with E-state index in [1.54, 1.807) is 0 Å². The SMILES string of the molecule is CCOCCC(=O)NCC1(CC)CCCC1. The molecule has 1 fully saturated rings. The largest absolute Gasteiger partial charge is 0.381 e. The predicted molar refractivity (Wildman–Crippen MR) is 65.3 cm³/mol. The Bertz CT molecular complexity index is 210. The van der Waals surface area contributed by atoms with Crippen molar-refractivity contribution in [1.82, 2.24) is 5.32 Å². The first-order chi connectivity index (χ1) is 7.72. The highest BCUT2D eigenvalue weighted by Crippen LogP contribution is 2.40. The summed E-state index contributed by atoms with van der Waals surface area (Å²) in [4.78, 5) is 11.5. The third-order valence-electron chi connectivity index (χ3n) is 3.75. The molecule has 0 radical (unpaired) electrons. The van der Waals surface area contributed by atoms with Crippen molar-refractivity contribution in [3.8, 4) is 0 Å². The lowest BCUT2D eigenvalue weighted by atomic mass is 9.83. The molecular formula is C13H25NO2. The standard InChI is InChI=1S/C13H25NO2/c1-3-13(8-5-6-9-13)11-14-12(15)7-10-16-4-2/h3-11H2,1-2H3,(H,14,15). The quantitative estimate of drug-likeness (QED) is 0.679. The number of hydrogen-bond acceptors (Lipinski definition) is 2. The molecule has 1 amide bonds. The van der Waals surface area contributed by atoms with Crippen LogP contribution in [0.1, 0.15) is 52.4 Å². The van der Waals surface area contributed by atoms with E-state index in [1.165, 1.54) is 32.1 Å². The normalized spacial score (nSPS) is 18.6. The van der Waals surface area contributed by atoms with Gasteiger partial charge >= 0.3 is 0 Å². The molecule has 1 aliphatic carbocycles. The highest BCUT2D eigenvalue weighted by atomic mass is 16.5. The van der Waals surface area contributed by atoms with E-state index in [9.17, 15) is 4.79 Å². The molecule has 16 heavy (non-hydrogen) atoms. The van der Waals surface area contributed by atoms with Crippen LogP contribution in [0.4, 0.5) is 0 Å². The molecule has 0 bridgehead atoms. The van der Waals surface area contributed by atoms with E-state index in [1.807, 2.05) is 6.92 Å². The van der Waals surface area contributed by atoms with Crippen molar-refractivity contribution in [3.63, 3.8) is 0 Å². The van der Waals surface area contributed by atoms with Gasteiger partial charge in [0.05, 0.1) is 6.61 Å². The third kappa shape index (κ3) is 4.12. The van der Waals surface area contributed by atoms with Crippen LogP contribution in [0.3, 0.4) is 0 Å². The third-order valence-corrected chi connectivity index (χ3v) is 3.75. The number of carbonyl (C=O) groups excluding carboxylic acids is 1. The number of rotatable bonds is 7. The topological polar surface area (TPSA) is 38.3 Å². The number of ether oxygens (including phenoxy) is 1. The van der Waals surface area contributed by atoms with Crippen molar-refractivity contribution in [1.29, 1.82) is 0 Å². The summed E-state index contributed by atoms with van der Waals surface area (Å²) in [5.41, 5.74) is 0.390. The van der Waals surface area contributed by atoms with Gasteiger partial charge in [-0.25, -0.2) is 0 Å². The van der Waals surface area contributed by atoms with Crippen molar-refractivity contribution in [2.24, 2.45) is 5.41 Å². The highest BCUT2D eigenvalue weighted by molar-refractivity contribution is 5.76. The van der Waals surface area contributed by atoms with Crippen molar-refractivity contribution < 1.29 is 9.53 Å². The maximum absolute atomic E-state index is 11.5. The first kappa shape index (κ1) is 13.5. The molecule has 0 aromatic heterocycles. The lowest BCUT2D eigenvalue weighted by Crippen LogP contribution is -2.36. The van der Waals surface area contributed by atoms with Crippen molar-refractivity contribution in [2.75, 3.05) is 19.8 Å². The molecule has 1 N–H and O–H groups in total. The first-order valence-electron chi connectivity index (χ1n) is 6.57. The number of nitrogens with one attached hydrogen (secondary N) is 1. The molecule has 3 nitrogen and oxygen atoms in total. The van der Waals surface area contributed by atoms with E-state index in [0.29, 0.717) is 25.0 Å². The van der Waals surface area contributed by atoms with Gasteiger partial charge in [-0.3, -0.25) is 4.79 Å². The van der Waals surface area contributed by atoms with E-state index in [-0.39, 0.29) is 5.91 Å². The minimum atomic E-state index is 0.133. The van der Waals surface area contributed by atoms with E-state index in [0.717, 1.165) is 6.54 Å². The van der Waals surface area contributed by atoms with Gasteiger partial charge in [0, 0.05) is 19.6 Å². The summed E-state index contributed by atoms with van der Waals surface area (Å²) in [5, 5.41) is 3.06. The highest BCUT2D eigenvalue weighted by Gasteiger charge is 2.31. The van der Waals surface area contributed by atoms with Gasteiger partial charge in [-0.05, 0) is 31.6 Å². The summed E-state index contributed by atoms with van der Waals surface area (Å²) in [6, 6.07) is 0. The van der Waals surface area contributed by atoms with Crippen LogP contribution in [0.15, 0.2) is 0 Å². The Morgan fingerprint density at radius 1 is 1.31 bits per heavy atom. The summed E-state index contributed by atoms with van der Waals surface area (Å²) in [5.74, 6) is 0.133. The summed E-state index contributed by atoms with van der Waals surface area (Å²) in [6.45, 7) is 6.27. The van der Waals surface area contributed by atoms with E-state index >= 15 is 0 Å². The Morgan fingerprint density at radius 2 is 2.00 bits per heavy atom. The molecule has 3 heteroatoms. The van der Waals surface area contributed by atoms with Crippen LogP contribution in [0.5, 0.6) is 0 Å². The Balaban J connectivity index is 2.19. The molecule has 0 spiro atoms. The Morgan fingerprint density at radius 3 is 2.56 bits per heavy atom. The monoisotopic (exact) mass is 227 g/mol. The number of amides is 1. The Labute approximate surface area is 98.9 Å². The zero-order valence-electron chi connectivity index (χ0n) is 10.7. The number of hydrogen-bond donors (Lipinski definition) is 1. The molecular weight excluding hydrogens is 202 g/mol. The molecule has 1 rings (SSSR count). The van der Waals surface area contributed by atoms with Gasteiger partial charge in [-0.1, -0.05) is 19.8 Å². The second kappa shape index (κ2) is 6.89. The maximum atomic E-state index is 11.5. The van der Waals surface area contributed by atoms with Gasteiger partial charge in [0.1, 0.15) is 0 Å². The molecule has 1 aliphatic rings. The van der Waals surface area contributed by atoms with Crippen LogP contribution in [0, 0.1) is 5.41 Å². The van der Waals surface area contributed by atoms with E-state index in [2.05, 4.69) is 12.2 Å². The second-order valence-corrected chi connectivity index (χ2v) is 4.78. The van der Waals surface area contributed by atoms with Crippen LogP contribution in [-0.2, 0) is 9.53 Å². The molecule has 0 atom stereocenters. The molecule has 0 heterocycles. The second-order valence-electron chi connectivity index (χ2n) is 4.78. The Kier molecular flexibility index (Phi) is 5.81. The van der Waals surface area contributed by atoms with Gasteiger partial charge in [0.15, 0.2) is 0 Å². The van der Waals surface area contributed by atoms with Crippen molar-refractivity contribution in [3.05, 3.63) is 0 Å². The van der Waals surface area contributed by atoms with Crippen LogP contribution in [-0.4, -0.2) is 25.7 Å². The molecule has 0 aromatic carbocycles. The average molecular weight is 227 g/mol. The van der Waals surface area contributed by atoms with Crippen molar-refractivity contribution >= 4 is 5.91 Å². The smallest absolute Gasteiger partial charge is 0.222 e. The summed E-state index contributed by atoms with van der Waals surface area (Å²) in [6.07, 6.45) is 6.86. The average Bonchev–Trinajstić information content (AvgIpc) is 2.76. The predicted octanol–water partition coefficient (Wildman–Crippen LogP) is 2.50. The van der Waals surface area contributed by atoms with Crippen LogP contribution in [0.25, 0.3) is 0 Å². The van der Waals surface area contributed by atoms with Crippen molar-refractivity contribution in [2.45, 2.75) is 52.4 Å². The zero-order chi connectivity index (χ0) is 11.9. The van der Waals surface area contributed by atoms with Gasteiger partial charge in [0.2, 0.25) is 5.91 Å². The van der Waals surface area contributed by atoms with Gasteiger partial charge < -0.3 is 10.1 Å². The zero-order valence-corrected chi connectivity index (χ0v) is 10.7. The minimum Gasteiger partial charge on any atom is -0.381 e. The van der Waals surface area contributed by atoms with Gasteiger partial charge in [0.25, 0.3) is 0 Å². The van der Waals surface area contributed by atoms with Crippen LogP contribution < -0.4 is 5.32 Å². The summed E-state index contributed by atoms with van der Waals surface area (Å²) >= 11 is 0. The summed E-state index contributed by atoms with van der Waals surface area (Å²) in [7, 11) is 0. The number of carbonyl (C=O) groups is 1. The molecule has 0 aliphatic heterocycles. The van der Waals surface area contributed by atoms with E-state index in [4.69, 9.17) is 4.74 Å². The fourth-order valence-corrected chi connectivity index (χ4v) is 2.46. The molecule has 0 unspecified atom stereocenters. The fourth-order valence-electron chi connectivity index (χ4n) is 2.46. The van der Waals surface area contributed by atoms with Gasteiger partial charge in [-0.2, -0.15) is 0 Å². The molecule has 0 aromatic rings. The molecule has 1 saturated carbocycles. The lowest BCUT2D eigenvalue weighted by Gasteiger charge is -2.27. The first-order valence-corrected chi connectivity index (χ1v) is 6.57. The maximum Gasteiger partial charge on any atom is 0.222 e. The summed E-state index contributed by atoms with van der Waals surface area (Å²) < 4.78 is 5.17. The van der Waals surface area contributed by atoms with E-state index < -0.39 is 0 Å². The Hall–Kier alpha value is -0.570. The minimum absolute atomic E-state index is 0.133. The van der Waals surface area contributed by atoms with Crippen LogP contribution >= 0.6 is 0 Å². The molecule has 94 valence electrons. The molecule has 0 saturated heterocycles. The van der Waals surface area contributed by atoms with Gasteiger partial charge in [-0.15, -0.1) is 0 Å².